The SMILES string of the molecule is CCCN1CCN(CCCN(CC2CC2)C(=O)CCNC(=O)OC(C)(C)C)CC1Nc1ccnc2cc(Cl)ccc12. The number of hydrogen-bond acceptors (Lipinski definition) is 7. The minimum absolute atomic E-state index is 0.102. The number of nitrogens with one attached hydrogen (secondary N) is 2. The van der Waals surface area contributed by atoms with Gasteiger partial charge in [0.2, 0.25) is 5.91 Å². The van der Waals surface area contributed by atoms with Crippen molar-refractivity contribution in [2.45, 2.75) is 71.6 Å². The molecule has 1 aliphatic carbocycles. The zero-order valence-electron chi connectivity index (χ0n) is 25.1. The Morgan fingerprint density at radius 3 is 2.71 bits per heavy atom. The van der Waals surface area contributed by atoms with Crippen LogP contribution in [0.2, 0.25) is 5.02 Å². The van der Waals surface area contributed by atoms with Crippen molar-refractivity contribution in [3.05, 3.63) is 35.5 Å². The van der Waals surface area contributed by atoms with Crippen LogP contribution in [0.4, 0.5) is 10.5 Å². The van der Waals surface area contributed by atoms with Gasteiger partial charge < -0.3 is 20.3 Å². The van der Waals surface area contributed by atoms with Crippen LogP contribution in [0.3, 0.4) is 0 Å². The summed E-state index contributed by atoms with van der Waals surface area (Å²) in [5, 5.41) is 8.27. The number of carbonyl (C=O) groups excluding carboxylic acids is 2. The Morgan fingerprint density at radius 2 is 1.98 bits per heavy atom. The van der Waals surface area contributed by atoms with Crippen molar-refractivity contribution in [3.63, 3.8) is 0 Å². The van der Waals surface area contributed by atoms with Gasteiger partial charge in [-0.1, -0.05) is 18.5 Å². The predicted octanol–water partition coefficient (Wildman–Crippen LogP) is 5.20. The second-order valence-electron chi connectivity index (χ2n) is 12.3. The highest BCUT2D eigenvalue weighted by Gasteiger charge is 2.29. The second kappa shape index (κ2) is 14.5. The average molecular weight is 587 g/mol. The van der Waals surface area contributed by atoms with Crippen LogP contribution >= 0.6 is 11.6 Å². The lowest BCUT2D eigenvalue weighted by molar-refractivity contribution is -0.131. The molecule has 0 bridgehead atoms. The summed E-state index contributed by atoms with van der Waals surface area (Å²) in [4.78, 5) is 36.5. The molecule has 1 aliphatic heterocycles. The van der Waals surface area contributed by atoms with Crippen LogP contribution in [-0.2, 0) is 9.53 Å². The van der Waals surface area contributed by atoms with Gasteiger partial charge in [0.05, 0.1) is 11.7 Å². The molecule has 2 aromatic rings. The molecular weight excluding hydrogens is 540 g/mol. The number of piperazine rings is 1. The Bertz CT molecular complexity index is 1170. The van der Waals surface area contributed by atoms with E-state index < -0.39 is 11.7 Å². The Labute approximate surface area is 249 Å². The van der Waals surface area contributed by atoms with Crippen molar-refractivity contribution in [2.24, 2.45) is 5.92 Å². The van der Waals surface area contributed by atoms with E-state index in [1.807, 2.05) is 56.1 Å². The first-order valence-corrected chi connectivity index (χ1v) is 15.5. The Balaban J connectivity index is 1.29. The maximum atomic E-state index is 13.0. The second-order valence-corrected chi connectivity index (χ2v) is 12.8. The number of ether oxygens (including phenoxy) is 1. The minimum atomic E-state index is -0.553. The summed E-state index contributed by atoms with van der Waals surface area (Å²) in [5.74, 6) is 0.721. The summed E-state index contributed by atoms with van der Waals surface area (Å²) < 4.78 is 5.28. The minimum Gasteiger partial charge on any atom is -0.444 e. The molecular formula is C31H47ClN6O3. The zero-order valence-corrected chi connectivity index (χ0v) is 25.9. The van der Waals surface area contributed by atoms with Gasteiger partial charge in [-0.05, 0) is 83.2 Å². The third-order valence-corrected chi connectivity index (χ3v) is 7.79. The van der Waals surface area contributed by atoms with Crippen molar-refractivity contribution in [2.75, 3.05) is 57.7 Å². The van der Waals surface area contributed by atoms with E-state index in [2.05, 4.69) is 32.3 Å². The Hall–Kier alpha value is -2.62. The van der Waals surface area contributed by atoms with E-state index in [0.717, 1.165) is 75.2 Å². The molecule has 2 heterocycles. The number of aromatic nitrogens is 1. The van der Waals surface area contributed by atoms with Crippen molar-refractivity contribution >= 4 is 40.2 Å². The summed E-state index contributed by atoms with van der Waals surface area (Å²) in [6, 6.07) is 7.89. The third kappa shape index (κ3) is 10.0. The van der Waals surface area contributed by atoms with Crippen LogP contribution in [-0.4, -0.2) is 95.8 Å². The van der Waals surface area contributed by atoms with Gasteiger partial charge in [0.15, 0.2) is 0 Å². The molecule has 2 aliphatic rings. The highest BCUT2D eigenvalue weighted by Crippen LogP contribution is 2.30. The number of alkyl carbamates (subject to hydrolysis) is 1. The number of benzene rings is 1. The number of fused-ring (bicyclic) bond motifs is 1. The highest BCUT2D eigenvalue weighted by atomic mass is 35.5. The number of carbonyl (C=O) groups is 2. The number of halogens is 1. The van der Waals surface area contributed by atoms with Crippen LogP contribution in [0.15, 0.2) is 30.5 Å². The van der Waals surface area contributed by atoms with E-state index in [9.17, 15) is 9.59 Å². The third-order valence-electron chi connectivity index (χ3n) is 7.55. The van der Waals surface area contributed by atoms with Crippen LogP contribution in [0.1, 0.15) is 59.8 Å². The molecule has 226 valence electrons. The van der Waals surface area contributed by atoms with E-state index >= 15 is 0 Å². The number of pyridine rings is 1. The first-order valence-electron chi connectivity index (χ1n) is 15.1. The summed E-state index contributed by atoms with van der Waals surface area (Å²) in [6.45, 7) is 14.5. The zero-order chi connectivity index (χ0) is 29.4. The predicted molar refractivity (Wildman–Crippen MR) is 165 cm³/mol. The highest BCUT2D eigenvalue weighted by molar-refractivity contribution is 6.31. The number of anilines is 1. The first-order chi connectivity index (χ1) is 19.6. The average Bonchev–Trinajstić information content (AvgIpc) is 3.72. The maximum absolute atomic E-state index is 13.0. The maximum Gasteiger partial charge on any atom is 0.407 e. The van der Waals surface area contributed by atoms with Crippen molar-refractivity contribution in [3.8, 4) is 0 Å². The normalized spacial score (nSPS) is 18.3. The number of amides is 2. The monoisotopic (exact) mass is 586 g/mol. The standard InChI is InChI=1S/C31H47ClN6O3/c1-5-15-37-19-18-36(22-28(37)35-26-11-13-33-27-20-24(32)9-10-25(26)27)16-6-17-38(21-23-7-8-23)29(39)12-14-34-30(40)41-31(2,3)4/h9-11,13,20,23,28H,5-8,12,14-19,21-22H2,1-4H3,(H,33,35)(H,34,40). The molecule has 1 saturated heterocycles. The summed E-state index contributed by atoms with van der Waals surface area (Å²) in [7, 11) is 0. The molecule has 1 unspecified atom stereocenters. The summed E-state index contributed by atoms with van der Waals surface area (Å²) >= 11 is 6.20. The van der Waals surface area contributed by atoms with Gasteiger partial charge >= 0.3 is 6.09 Å². The van der Waals surface area contributed by atoms with Crippen LogP contribution in [0, 0.1) is 5.92 Å². The number of rotatable bonds is 13. The number of hydrogen-bond donors (Lipinski definition) is 2. The molecule has 2 fully saturated rings. The van der Waals surface area contributed by atoms with E-state index in [4.69, 9.17) is 16.3 Å². The summed E-state index contributed by atoms with van der Waals surface area (Å²) in [5.41, 5.74) is 1.41. The molecule has 41 heavy (non-hydrogen) atoms. The molecule has 1 saturated carbocycles. The van der Waals surface area contributed by atoms with Crippen LogP contribution < -0.4 is 10.6 Å². The molecule has 9 nitrogen and oxygen atoms in total. The molecule has 0 radical (unpaired) electrons. The van der Waals surface area contributed by atoms with Crippen LogP contribution in [0.5, 0.6) is 0 Å². The van der Waals surface area contributed by atoms with Gasteiger partial charge in [-0.3, -0.25) is 19.6 Å². The molecule has 1 atom stereocenters. The van der Waals surface area contributed by atoms with Crippen molar-refractivity contribution < 1.29 is 14.3 Å². The van der Waals surface area contributed by atoms with Crippen LogP contribution in [0.25, 0.3) is 10.9 Å². The Morgan fingerprint density at radius 1 is 1.17 bits per heavy atom. The van der Waals surface area contributed by atoms with Gasteiger partial charge in [0, 0.05) is 74.5 Å². The first kappa shape index (κ1) is 31.3. The van der Waals surface area contributed by atoms with E-state index in [0.29, 0.717) is 17.4 Å². The number of nitrogens with zero attached hydrogens (tertiary/aromatic N) is 4. The molecule has 4 rings (SSSR count). The lowest BCUT2D eigenvalue weighted by atomic mass is 10.1. The fourth-order valence-corrected chi connectivity index (χ4v) is 5.52. The molecule has 0 spiro atoms. The summed E-state index contributed by atoms with van der Waals surface area (Å²) in [6.07, 6.45) is 6.26. The lowest BCUT2D eigenvalue weighted by Crippen LogP contribution is -2.56. The van der Waals surface area contributed by atoms with Gasteiger partial charge in [0.25, 0.3) is 0 Å². The van der Waals surface area contributed by atoms with Gasteiger partial charge in [-0.2, -0.15) is 0 Å². The molecule has 1 aromatic carbocycles. The topological polar surface area (TPSA) is 90.0 Å². The van der Waals surface area contributed by atoms with E-state index in [-0.39, 0.29) is 18.6 Å². The van der Waals surface area contributed by atoms with E-state index in [1.165, 1.54) is 12.8 Å². The quantitative estimate of drug-likeness (QED) is 0.333. The fourth-order valence-electron chi connectivity index (χ4n) is 5.36. The lowest BCUT2D eigenvalue weighted by Gasteiger charge is -2.42. The molecule has 10 heteroatoms. The molecule has 2 amide bonds. The molecule has 2 N–H and O–H groups in total. The van der Waals surface area contributed by atoms with Crippen molar-refractivity contribution in [1.29, 1.82) is 0 Å². The van der Waals surface area contributed by atoms with Gasteiger partial charge in [-0.25, -0.2) is 4.79 Å². The Kier molecular flexibility index (Phi) is 11.1. The largest absolute Gasteiger partial charge is 0.444 e. The smallest absolute Gasteiger partial charge is 0.407 e. The fraction of sp³-hybridized carbons (Fsp3) is 0.645. The van der Waals surface area contributed by atoms with E-state index in [1.54, 1.807) is 0 Å². The van der Waals surface area contributed by atoms with Crippen molar-refractivity contribution in [1.82, 2.24) is 25.0 Å². The van der Waals surface area contributed by atoms with Gasteiger partial charge in [0.1, 0.15) is 5.60 Å². The molecule has 1 aromatic heterocycles. The van der Waals surface area contributed by atoms with Gasteiger partial charge in [-0.15, -0.1) is 0 Å².